The second-order valence-electron chi connectivity index (χ2n) is 5.07. The monoisotopic (exact) mass is 273 g/mol. The number of anilines is 1. The minimum atomic E-state index is 0.483. The molecule has 0 bridgehead atoms. The van der Waals surface area contributed by atoms with E-state index >= 15 is 0 Å². The molecule has 1 heterocycles. The van der Waals surface area contributed by atoms with Crippen LogP contribution in [0, 0.1) is 13.8 Å². The summed E-state index contributed by atoms with van der Waals surface area (Å²) in [5.41, 5.74) is 4.98. The largest absolute Gasteiger partial charge is 0.368 e. The Morgan fingerprint density at radius 3 is 2.79 bits per heavy atom. The van der Waals surface area contributed by atoms with E-state index in [0.717, 1.165) is 29.9 Å². The smallest absolute Gasteiger partial charge is 0.155 e. The summed E-state index contributed by atoms with van der Waals surface area (Å²) in [6.45, 7) is 4.89. The van der Waals surface area contributed by atoms with Gasteiger partial charge in [-0.3, -0.25) is 0 Å². The molecule has 1 aliphatic rings. The summed E-state index contributed by atoms with van der Waals surface area (Å²) in [6, 6.07) is 8.60. The Morgan fingerprint density at radius 2 is 2.00 bits per heavy atom. The summed E-state index contributed by atoms with van der Waals surface area (Å²) < 4.78 is 0. The average molecular weight is 274 g/mol. The standard InChI is InChI=1S/C15H16ClN3/c1-9-10(2)15(19-18-14(9)16)17-8-12-7-11-5-3-4-6-13(11)12/h3-6,12H,7-8H2,1-2H3,(H,17,19). The van der Waals surface area contributed by atoms with Crippen molar-refractivity contribution in [1.82, 2.24) is 10.2 Å². The third kappa shape index (κ3) is 2.19. The molecule has 2 aromatic rings. The van der Waals surface area contributed by atoms with Crippen LogP contribution < -0.4 is 5.32 Å². The van der Waals surface area contributed by atoms with Crippen LogP contribution in [0.25, 0.3) is 0 Å². The molecule has 1 unspecified atom stereocenters. The fraction of sp³-hybridized carbons (Fsp3) is 0.333. The van der Waals surface area contributed by atoms with Gasteiger partial charge in [-0.1, -0.05) is 35.9 Å². The number of aromatic nitrogens is 2. The molecule has 3 rings (SSSR count). The van der Waals surface area contributed by atoms with E-state index in [0.29, 0.717) is 11.1 Å². The lowest BCUT2D eigenvalue weighted by Gasteiger charge is -2.30. The summed E-state index contributed by atoms with van der Waals surface area (Å²) in [5, 5.41) is 12.0. The summed E-state index contributed by atoms with van der Waals surface area (Å²) in [5.74, 6) is 1.42. The summed E-state index contributed by atoms with van der Waals surface area (Å²) in [7, 11) is 0. The quantitative estimate of drug-likeness (QED) is 0.930. The Balaban J connectivity index is 1.70. The number of fused-ring (bicyclic) bond motifs is 1. The summed E-state index contributed by atoms with van der Waals surface area (Å²) >= 11 is 5.95. The molecule has 4 heteroatoms. The van der Waals surface area contributed by atoms with E-state index in [1.807, 2.05) is 13.8 Å². The van der Waals surface area contributed by atoms with Crippen LogP contribution >= 0.6 is 11.6 Å². The van der Waals surface area contributed by atoms with Crippen LogP contribution in [0.1, 0.15) is 28.2 Å². The van der Waals surface area contributed by atoms with Crippen LogP contribution in [-0.2, 0) is 6.42 Å². The second-order valence-corrected chi connectivity index (χ2v) is 5.43. The Labute approximate surface area is 118 Å². The highest BCUT2D eigenvalue weighted by atomic mass is 35.5. The van der Waals surface area contributed by atoms with Gasteiger partial charge in [0.1, 0.15) is 0 Å². The van der Waals surface area contributed by atoms with Crippen molar-refractivity contribution in [1.29, 1.82) is 0 Å². The molecule has 98 valence electrons. The lowest BCUT2D eigenvalue weighted by molar-refractivity contribution is 0.633. The van der Waals surface area contributed by atoms with E-state index in [2.05, 4.69) is 39.8 Å². The molecule has 1 aromatic carbocycles. The van der Waals surface area contributed by atoms with Crippen LogP contribution in [0.2, 0.25) is 5.15 Å². The third-order valence-corrected chi connectivity index (χ3v) is 4.30. The molecule has 0 radical (unpaired) electrons. The SMILES string of the molecule is Cc1c(Cl)nnc(NCC2Cc3ccccc32)c1C. The highest BCUT2D eigenvalue weighted by molar-refractivity contribution is 6.30. The van der Waals surface area contributed by atoms with Gasteiger partial charge in [-0.15, -0.1) is 10.2 Å². The first-order chi connectivity index (χ1) is 9.16. The predicted molar refractivity (Wildman–Crippen MR) is 77.9 cm³/mol. The van der Waals surface area contributed by atoms with E-state index < -0.39 is 0 Å². The average Bonchev–Trinajstić information content (AvgIpc) is 2.39. The zero-order valence-corrected chi connectivity index (χ0v) is 11.8. The van der Waals surface area contributed by atoms with Gasteiger partial charge in [-0.2, -0.15) is 0 Å². The Bertz CT molecular complexity index is 625. The molecule has 1 atom stereocenters. The molecular formula is C15H16ClN3. The van der Waals surface area contributed by atoms with Crippen molar-refractivity contribution < 1.29 is 0 Å². The van der Waals surface area contributed by atoms with Gasteiger partial charge < -0.3 is 5.32 Å². The van der Waals surface area contributed by atoms with Crippen molar-refractivity contribution in [3.05, 3.63) is 51.7 Å². The Hall–Kier alpha value is -1.61. The minimum absolute atomic E-state index is 0.483. The van der Waals surface area contributed by atoms with Gasteiger partial charge in [0, 0.05) is 12.5 Å². The van der Waals surface area contributed by atoms with Crippen molar-refractivity contribution in [2.75, 3.05) is 11.9 Å². The van der Waals surface area contributed by atoms with Gasteiger partial charge in [0.2, 0.25) is 0 Å². The molecule has 1 N–H and O–H groups in total. The first-order valence-electron chi connectivity index (χ1n) is 6.48. The number of hydrogen-bond acceptors (Lipinski definition) is 3. The number of halogens is 1. The molecular weight excluding hydrogens is 258 g/mol. The van der Waals surface area contributed by atoms with Gasteiger partial charge in [0.25, 0.3) is 0 Å². The fourth-order valence-electron chi connectivity index (χ4n) is 2.51. The van der Waals surface area contributed by atoms with E-state index in [-0.39, 0.29) is 0 Å². The number of benzene rings is 1. The maximum atomic E-state index is 5.95. The van der Waals surface area contributed by atoms with E-state index in [4.69, 9.17) is 11.6 Å². The van der Waals surface area contributed by atoms with Crippen molar-refractivity contribution in [3.63, 3.8) is 0 Å². The van der Waals surface area contributed by atoms with Crippen molar-refractivity contribution in [2.24, 2.45) is 0 Å². The Morgan fingerprint density at radius 1 is 1.21 bits per heavy atom. The number of rotatable bonds is 3. The number of hydrogen-bond donors (Lipinski definition) is 1. The highest BCUT2D eigenvalue weighted by Gasteiger charge is 2.25. The fourth-order valence-corrected chi connectivity index (χ4v) is 2.69. The molecule has 1 aromatic heterocycles. The van der Waals surface area contributed by atoms with E-state index in [1.54, 1.807) is 0 Å². The van der Waals surface area contributed by atoms with E-state index in [1.165, 1.54) is 11.1 Å². The number of nitrogens with zero attached hydrogens (tertiary/aromatic N) is 2. The van der Waals surface area contributed by atoms with Crippen molar-refractivity contribution >= 4 is 17.4 Å². The first-order valence-corrected chi connectivity index (χ1v) is 6.85. The molecule has 0 aliphatic heterocycles. The molecule has 0 saturated carbocycles. The number of nitrogens with one attached hydrogen (secondary N) is 1. The van der Waals surface area contributed by atoms with Crippen LogP contribution in [0.5, 0.6) is 0 Å². The highest BCUT2D eigenvalue weighted by Crippen LogP contribution is 2.34. The van der Waals surface area contributed by atoms with Gasteiger partial charge >= 0.3 is 0 Å². The van der Waals surface area contributed by atoms with Crippen molar-refractivity contribution in [3.8, 4) is 0 Å². The molecule has 0 amide bonds. The zero-order valence-electron chi connectivity index (χ0n) is 11.1. The van der Waals surface area contributed by atoms with Crippen LogP contribution in [0.4, 0.5) is 5.82 Å². The van der Waals surface area contributed by atoms with Crippen LogP contribution in [0.3, 0.4) is 0 Å². The minimum Gasteiger partial charge on any atom is -0.368 e. The molecule has 0 spiro atoms. The van der Waals surface area contributed by atoms with Gasteiger partial charge in [-0.05, 0) is 42.5 Å². The molecule has 1 aliphatic carbocycles. The van der Waals surface area contributed by atoms with Gasteiger partial charge in [-0.25, -0.2) is 0 Å². The van der Waals surface area contributed by atoms with Crippen LogP contribution in [0.15, 0.2) is 24.3 Å². The molecule has 0 fully saturated rings. The normalized spacial score (nSPS) is 16.7. The van der Waals surface area contributed by atoms with Crippen molar-refractivity contribution in [2.45, 2.75) is 26.2 Å². The zero-order chi connectivity index (χ0) is 13.4. The van der Waals surface area contributed by atoms with Gasteiger partial charge in [0.15, 0.2) is 11.0 Å². The molecule has 3 nitrogen and oxygen atoms in total. The lowest BCUT2D eigenvalue weighted by Crippen LogP contribution is -2.25. The summed E-state index contributed by atoms with van der Waals surface area (Å²) in [4.78, 5) is 0. The summed E-state index contributed by atoms with van der Waals surface area (Å²) in [6.07, 6.45) is 1.14. The lowest BCUT2D eigenvalue weighted by atomic mass is 9.77. The predicted octanol–water partition coefficient (Wildman–Crippen LogP) is 3.50. The van der Waals surface area contributed by atoms with Gasteiger partial charge in [0.05, 0.1) is 0 Å². The molecule has 19 heavy (non-hydrogen) atoms. The maximum Gasteiger partial charge on any atom is 0.155 e. The third-order valence-electron chi connectivity index (χ3n) is 3.94. The maximum absolute atomic E-state index is 5.95. The van der Waals surface area contributed by atoms with E-state index in [9.17, 15) is 0 Å². The second kappa shape index (κ2) is 4.82. The molecule has 0 saturated heterocycles. The topological polar surface area (TPSA) is 37.8 Å². The van der Waals surface area contributed by atoms with Crippen LogP contribution in [-0.4, -0.2) is 16.7 Å². The Kier molecular flexibility index (Phi) is 3.15. The first kappa shape index (κ1) is 12.4.